The molecule has 0 spiro atoms. The van der Waals surface area contributed by atoms with Crippen LogP contribution in [0, 0.1) is 0 Å². The molecule has 1 heterocycles. The lowest BCUT2D eigenvalue weighted by Crippen LogP contribution is -2.46. The minimum atomic E-state index is -0.181. The van der Waals surface area contributed by atoms with Crippen LogP contribution in [0.15, 0.2) is 48.5 Å². The predicted octanol–water partition coefficient (Wildman–Crippen LogP) is 3.50. The quantitative estimate of drug-likeness (QED) is 0.841. The number of benzene rings is 2. The first kappa shape index (κ1) is 18.5. The number of likely N-dealkylation sites (N-methyl/N-ethyl adjacent to an activating group) is 1. The number of rotatable bonds is 6. The summed E-state index contributed by atoms with van der Waals surface area (Å²) in [6.07, 6.45) is 0. The number of hydrogen-bond donors (Lipinski definition) is 1. The van der Waals surface area contributed by atoms with Crippen LogP contribution in [-0.4, -0.2) is 50.1 Å². The SMILES string of the molecule is CCN1CCN(c2ccccc2NC(=O)COc2ccc(Cl)cc2)CC1. The van der Waals surface area contributed by atoms with Crippen LogP contribution in [0.2, 0.25) is 5.02 Å². The topological polar surface area (TPSA) is 44.8 Å². The van der Waals surface area contributed by atoms with Gasteiger partial charge in [-0.1, -0.05) is 30.7 Å². The lowest BCUT2D eigenvalue weighted by molar-refractivity contribution is -0.118. The van der Waals surface area contributed by atoms with Crippen molar-refractivity contribution in [3.05, 3.63) is 53.6 Å². The monoisotopic (exact) mass is 373 g/mol. The standard InChI is InChI=1S/C20H24ClN3O2/c1-2-23-11-13-24(14-12-23)19-6-4-3-5-18(19)22-20(25)15-26-17-9-7-16(21)8-10-17/h3-10H,2,11-15H2,1H3,(H,22,25). The Labute approximate surface area is 159 Å². The first-order valence-corrected chi connectivity index (χ1v) is 9.28. The van der Waals surface area contributed by atoms with Gasteiger partial charge in [0, 0.05) is 31.2 Å². The molecule has 6 heteroatoms. The minimum Gasteiger partial charge on any atom is -0.484 e. The number of carbonyl (C=O) groups is 1. The summed E-state index contributed by atoms with van der Waals surface area (Å²) in [4.78, 5) is 17.0. The van der Waals surface area contributed by atoms with Crippen LogP contribution in [0.3, 0.4) is 0 Å². The van der Waals surface area contributed by atoms with Crippen molar-refractivity contribution >= 4 is 28.9 Å². The van der Waals surface area contributed by atoms with Gasteiger partial charge in [-0.2, -0.15) is 0 Å². The van der Waals surface area contributed by atoms with Gasteiger partial charge in [0.2, 0.25) is 0 Å². The Bertz CT molecular complexity index is 728. The van der Waals surface area contributed by atoms with Crippen molar-refractivity contribution in [2.24, 2.45) is 0 Å². The van der Waals surface area contributed by atoms with E-state index in [-0.39, 0.29) is 12.5 Å². The van der Waals surface area contributed by atoms with Gasteiger partial charge in [-0.3, -0.25) is 4.79 Å². The fourth-order valence-corrected chi connectivity index (χ4v) is 3.15. The van der Waals surface area contributed by atoms with E-state index in [1.54, 1.807) is 24.3 Å². The molecular formula is C20H24ClN3O2. The highest BCUT2D eigenvalue weighted by atomic mass is 35.5. The molecule has 138 valence electrons. The molecule has 2 aromatic carbocycles. The molecule has 1 aliphatic heterocycles. The molecule has 0 aromatic heterocycles. The summed E-state index contributed by atoms with van der Waals surface area (Å²) in [5.74, 6) is 0.438. The molecule has 5 nitrogen and oxygen atoms in total. The Balaban J connectivity index is 1.59. The zero-order chi connectivity index (χ0) is 18.4. The third kappa shape index (κ3) is 4.90. The average Bonchev–Trinajstić information content (AvgIpc) is 2.68. The smallest absolute Gasteiger partial charge is 0.262 e. The third-order valence-corrected chi connectivity index (χ3v) is 4.77. The number of para-hydroxylation sites is 2. The van der Waals surface area contributed by atoms with Gasteiger partial charge in [-0.05, 0) is 42.9 Å². The lowest BCUT2D eigenvalue weighted by atomic mass is 10.2. The Morgan fingerprint density at radius 2 is 1.77 bits per heavy atom. The van der Waals surface area contributed by atoms with Crippen LogP contribution in [0.1, 0.15) is 6.92 Å². The number of halogens is 1. The number of anilines is 2. The molecule has 1 fully saturated rings. The highest BCUT2D eigenvalue weighted by Crippen LogP contribution is 2.26. The molecule has 2 aromatic rings. The summed E-state index contributed by atoms with van der Waals surface area (Å²) in [6, 6.07) is 14.9. The summed E-state index contributed by atoms with van der Waals surface area (Å²) in [6.45, 7) is 7.22. The third-order valence-electron chi connectivity index (χ3n) is 4.52. The Morgan fingerprint density at radius 1 is 1.08 bits per heavy atom. The number of carbonyl (C=O) groups excluding carboxylic acids is 1. The molecule has 0 unspecified atom stereocenters. The molecule has 0 aliphatic carbocycles. The van der Waals surface area contributed by atoms with Crippen LogP contribution in [0.5, 0.6) is 5.75 Å². The zero-order valence-corrected chi connectivity index (χ0v) is 15.7. The van der Waals surface area contributed by atoms with E-state index in [1.165, 1.54) is 0 Å². The second kappa shape index (κ2) is 8.92. The number of ether oxygens (including phenoxy) is 1. The van der Waals surface area contributed by atoms with E-state index >= 15 is 0 Å². The van der Waals surface area contributed by atoms with E-state index in [9.17, 15) is 4.79 Å². The van der Waals surface area contributed by atoms with Gasteiger partial charge >= 0.3 is 0 Å². The maximum atomic E-state index is 12.3. The second-order valence-electron chi connectivity index (χ2n) is 6.23. The van der Waals surface area contributed by atoms with E-state index in [4.69, 9.17) is 16.3 Å². The molecule has 26 heavy (non-hydrogen) atoms. The van der Waals surface area contributed by atoms with E-state index < -0.39 is 0 Å². The van der Waals surface area contributed by atoms with Gasteiger partial charge in [0.25, 0.3) is 5.91 Å². The summed E-state index contributed by atoms with van der Waals surface area (Å²) in [5, 5.41) is 3.61. The molecule has 0 atom stereocenters. The van der Waals surface area contributed by atoms with Gasteiger partial charge < -0.3 is 19.9 Å². The van der Waals surface area contributed by atoms with E-state index in [0.717, 1.165) is 44.1 Å². The number of nitrogens with one attached hydrogen (secondary N) is 1. The molecule has 0 saturated carbocycles. The lowest BCUT2D eigenvalue weighted by Gasteiger charge is -2.36. The van der Waals surface area contributed by atoms with E-state index in [2.05, 4.69) is 28.1 Å². The predicted molar refractivity (Wildman–Crippen MR) is 106 cm³/mol. The summed E-state index contributed by atoms with van der Waals surface area (Å²) in [7, 11) is 0. The normalized spacial score (nSPS) is 14.9. The van der Waals surface area contributed by atoms with Crippen molar-refractivity contribution < 1.29 is 9.53 Å². The van der Waals surface area contributed by atoms with Crippen LogP contribution in [0.25, 0.3) is 0 Å². The molecule has 3 rings (SSSR count). The van der Waals surface area contributed by atoms with Gasteiger partial charge in [0.15, 0.2) is 6.61 Å². The summed E-state index contributed by atoms with van der Waals surface area (Å²) < 4.78 is 5.52. The van der Waals surface area contributed by atoms with Crippen molar-refractivity contribution in [1.29, 1.82) is 0 Å². The molecule has 1 amide bonds. The largest absolute Gasteiger partial charge is 0.484 e. The van der Waals surface area contributed by atoms with Crippen molar-refractivity contribution in [3.8, 4) is 5.75 Å². The highest BCUT2D eigenvalue weighted by Gasteiger charge is 2.18. The van der Waals surface area contributed by atoms with Gasteiger partial charge in [-0.15, -0.1) is 0 Å². The molecular weight excluding hydrogens is 350 g/mol. The Kier molecular flexibility index (Phi) is 6.36. The summed E-state index contributed by atoms with van der Waals surface area (Å²) in [5.41, 5.74) is 1.88. The van der Waals surface area contributed by atoms with Crippen LogP contribution in [0.4, 0.5) is 11.4 Å². The van der Waals surface area contributed by atoms with E-state index in [0.29, 0.717) is 10.8 Å². The molecule has 0 bridgehead atoms. The molecule has 1 N–H and O–H groups in total. The Morgan fingerprint density at radius 3 is 2.46 bits per heavy atom. The molecule has 1 aliphatic rings. The maximum Gasteiger partial charge on any atom is 0.262 e. The van der Waals surface area contributed by atoms with Crippen molar-refractivity contribution in [2.45, 2.75) is 6.92 Å². The van der Waals surface area contributed by atoms with Crippen molar-refractivity contribution in [1.82, 2.24) is 4.90 Å². The fourth-order valence-electron chi connectivity index (χ4n) is 3.03. The van der Waals surface area contributed by atoms with Gasteiger partial charge in [0.05, 0.1) is 11.4 Å². The molecule has 0 radical (unpaired) electrons. The first-order chi connectivity index (χ1) is 12.7. The number of nitrogens with zero attached hydrogens (tertiary/aromatic N) is 2. The Hall–Kier alpha value is -2.24. The maximum absolute atomic E-state index is 12.3. The van der Waals surface area contributed by atoms with E-state index in [1.807, 2.05) is 18.2 Å². The average molecular weight is 374 g/mol. The summed E-state index contributed by atoms with van der Waals surface area (Å²) >= 11 is 5.85. The van der Waals surface area contributed by atoms with Crippen LogP contribution < -0.4 is 15.0 Å². The van der Waals surface area contributed by atoms with Gasteiger partial charge in [0.1, 0.15) is 5.75 Å². The molecule has 1 saturated heterocycles. The van der Waals surface area contributed by atoms with Crippen LogP contribution in [-0.2, 0) is 4.79 Å². The number of piperazine rings is 1. The van der Waals surface area contributed by atoms with Crippen molar-refractivity contribution in [2.75, 3.05) is 49.5 Å². The zero-order valence-electron chi connectivity index (χ0n) is 15.0. The first-order valence-electron chi connectivity index (χ1n) is 8.90. The van der Waals surface area contributed by atoms with Crippen LogP contribution >= 0.6 is 11.6 Å². The fraction of sp³-hybridized carbons (Fsp3) is 0.350. The highest BCUT2D eigenvalue weighted by molar-refractivity contribution is 6.30. The minimum absolute atomic E-state index is 0.0421. The number of amides is 1. The van der Waals surface area contributed by atoms with Crippen molar-refractivity contribution in [3.63, 3.8) is 0 Å². The number of hydrogen-bond acceptors (Lipinski definition) is 4. The second-order valence-corrected chi connectivity index (χ2v) is 6.67. The van der Waals surface area contributed by atoms with Gasteiger partial charge in [-0.25, -0.2) is 0 Å².